The Hall–Kier alpha value is -0.810. The van der Waals surface area contributed by atoms with Crippen LogP contribution in [0.15, 0.2) is 0 Å². The molecule has 1 saturated carbocycles. The van der Waals surface area contributed by atoms with Crippen molar-refractivity contribution in [2.45, 2.75) is 63.1 Å². The summed E-state index contributed by atoms with van der Waals surface area (Å²) in [6, 6.07) is 1.13. The number of nitrogens with one attached hydrogen (secondary N) is 1. The van der Waals surface area contributed by atoms with Crippen LogP contribution in [0.2, 0.25) is 0 Å². The fourth-order valence-corrected chi connectivity index (χ4v) is 4.27. The first-order valence-electron chi connectivity index (χ1n) is 8.97. The van der Waals surface area contributed by atoms with Gasteiger partial charge in [0.05, 0.1) is 6.10 Å². The molecule has 0 spiro atoms. The Morgan fingerprint density at radius 2 is 1.91 bits per heavy atom. The maximum Gasteiger partial charge on any atom is 0.317 e. The maximum absolute atomic E-state index is 12.4. The number of urea groups is 1. The molecule has 3 atom stereocenters. The molecule has 2 aliphatic heterocycles. The predicted octanol–water partition coefficient (Wildman–Crippen LogP) is 2.07. The minimum absolute atomic E-state index is 0.148. The van der Waals surface area contributed by atoms with E-state index in [4.69, 9.17) is 4.74 Å². The first-order valence-corrected chi connectivity index (χ1v) is 8.97. The van der Waals surface area contributed by atoms with Gasteiger partial charge in [-0.05, 0) is 65.0 Å². The number of piperidine rings is 1. The highest BCUT2D eigenvalue weighted by molar-refractivity contribution is 5.74. The van der Waals surface area contributed by atoms with Crippen LogP contribution < -0.4 is 5.32 Å². The second-order valence-electron chi connectivity index (χ2n) is 7.45. The van der Waals surface area contributed by atoms with Crippen molar-refractivity contribution in [3.8, 4) is 0 Å². The average molecular weight is 309 g/mol. The summed E-state index contributed by atoms with van der Waals surface area (Å²) in [6.45, 7) is 2.71. The Bertz CT molecular complexity index is 374. The van der Waals surface area contributed by atoms with Crippen molar-refractivity contribution in [1.29, 1.82) is 0 Å². The van der Waals surface area contributed by atoms with Crippen LogP contribution in [0, 0.1) is 5.92 Å². The summed E-state index contributed by atoms with van der Waals surface area (Å²) in [4.78, 5) is 16.7. The summed E-state index contributed by atoms with van der Waals surface area (Å²) in [7, 11) is 4.26. The quantitative estimate of drug-likeness (QED) is 0.868. The van der Waals surface area contributed by atoms with Gasteiger partial charge in [0.15, 0.2) is 0 Å². The number of amides is 2. The molecular weight excluding hydrogens is 278 g/mol. The highest BCUT2D eigenvalue weighted by Gasteiger charge is 2.32. The van der Waals surface area contributed by atoms with Gasteiger partial charge in [-0.1, -0.05) is 0 Å². The standard InChI is InChI=1S/C17H31N3O2/c1-19(2)15-6-5-14(12-15)18-17(21)20-9-7-13(8-10-20)16-4-3-11-22-16/h13-16H,3-12H2,1-2H3,(H,18,21)/t14-,15-,16+/m1/s1. The molecule has 0 aromatic heterocycles. The number of rotatable bonds is 3. The van der Waals surface area contributed by atoms with E-state index in [0.29, 0.717) is 24.1 Å². The number of likely N-dealkylation sites (tertiary alicyclic amines) is 1. The normalized spacial score (nSPS) is 33.6. The lowest BCUT2D eigenvalue weighted by atomic mass is 9.90. The summed E-state index contributed by atoms with van der Waals surface area (Å²) < 4.78 is 5.81. The van der Waals surface area contributed by atoms with Crippen molar-refractivity contribution in [1.82, 2.24) is 15.1 Å². The van der Waals surface area contributed by atoms with Gasteiger partial charge in [-0.2, -0.15) is 0 Å². The number of ether oxygens (including phenoxy) is 1. The molecule has 22 heavy (non-hydrogen) atoms. The molecule has 5 nitrogen and oxygen atoms in total. The average Bonchev–Trinajstić information content (AvgIpc) is 3.19. The molecule has 1 aliphatic carbocycles. The van der Waals surface area contributed by atoms with Crippen LogP contribution >= 0.6 is 0 Å². The van der Waals surface area contributed by atoms with Gasteiger partial charge in [0.2, 0.25) is 0 Å². The lowest BCUT2D eigenvalue weighted by Crippen LogP contribution is -2.48. The van der Waals surface area contributed by atoms with Crippen LogP contribution in [0.1, 0.15) is 44.9 Å². The first kappa shape index (κ1) is 16.1. The molecule has 0 unspecified atom stereocenters. The number of nitrogens with zero attached hydrogens (tertiary/aromatic N) is 2. The summed E-state index contributed by atoms with van der Waals surface area (Å²) in [5, 5.41) is 3.25. The van der Waals surface area contributed by atoms with E-state index in [1.807, 2.05) is 4.90 Å². The van der Waals surface area contributed by atoms with Crippen LogP contribution in [-0.2, 0) is 4.74 Å². The molecule has 2 amide bonds. The smallest absolute Gasteiger partial charge is 0.317 e. The van der Waals surface area contributed by atoms with Gasteiger partial charge in [-0.15, -0.1) is 0 Å². The lowest BCUT2D eigenvalue weighted by Gasteiger charge is -2.35. The highest BCUT2D eigenvalue weighted by Crippen LogP contribution is 2.29. The summed E-state index contributed by atoms with van der Waals surface area (Å²) in [6.07, 6.45) is 8.48. The van der Waals surface area contributed by atoms with Gasteiger partial charge in [0.1, 0.15) is 0 Å². The first-order chi connectivity index (χ1) is 10.6. The molecule has 0 aromatic carbocycles. The third-order valence-electron chi connectivity index (χ3n) is 5.78. The van der Waals surface area contributed by atoms with Crippen LogP contribution in [0.25, 0.3) is 0 Å². The molecule has 126 valence electrons. The van der Waals surface area contributed by atoms with Crippen LogP contribution in [-0.4, -0.2) is 67.8 Å². The molecule has 0 radical (unpaired) electrons. The van der Waals surface area contributed by atoms with E-state index >= 15 is 0 Å². The van der Waals surface area contributed by atoms with E-state index in [1.165, 1.54) is 19.3 Å². The van der Waals surface area contributed by atoms with Gasteiger partial charge in [0.25, 0.3) is 0 Å². The molecule has 2 heterocycles. The zero-order valence-electron chi connectivity index (χ0n) is 14.1. The summed E-state index contributed by atoms with van der Waals surface area (Å²) >= 11 is 0. The Kier molecular flexibility index (Phi) is 5.24. The molecule has 0 bridgehead atoms. The molecular formula is C17H31N3O2. The van der Waals surface area contributed by atoms with Crippen molar-refractivity contribution in [2.24, 2.45) is 5.92 Å². The lowest BCUT2D eigenvalue weighted by molar-refractivity contribution is 0.0370. The third-order valence-corrected chi connectivity index (χ3v) is 5.78. The van der Waals surface area contributed by atoms with Gasteiger partial charge in [-0.25, -0.2) is 4.79 Å². The van der Waals surface area contributed by atoms with Gasteiger partial charge in [0, 0.05) is 31.8 Å². The van der Waals surface area contributed by atoms with Crippen molar-refractivity contribution >= 4 is 6.03 Å². The van der Waals surface area contributed by atoms with Crippen LogP contribution in [0.5, 0.6) is 0 Å². The van der Waals surface area contributed by atoms with Crippen molar-refractivity contribution in [3.63, 3.8) is 0 Å². The van der Waals surface area contributed by atoms with E-state index in [0.717, 1.165) is 45.4 Å². The topological polar surface area (TPSA) is 44.8 Å². The minimum Gasteiger partial charge on any atom is -0.378 e. The number of hydrogen-bond donors (Lipinski definition) is 1. The van der Waals surface area contributed by atoms with Crippen molar-refractivity contribution in [2.75, 3.05) is 33.8 Å². The SMILES string of the molecule is CN(C)[C@@H]1CC[C@@H](NC(=O)N2CCC([C@@H]3CCCO3)CC2)C1. The van der Waals surface area contributed by atoms with E-state index in [1.54, 1.807) is 0 Å². The molecule has 1 N–H and O–H groups in total. The summed E-state index contributed by atoms with van der Waals surface area (Å²) in [5.41, 5.74) is 0. The monoisotopic (exact) mass is 309 g/mol. The zero-order chi connectivity index (χ0) is 15.5. The number of carbonyl (C=O) groups excluding carboxylic acids is 1. The fraction of sp³-hybridized carbons (Fsp3) is 0.941. The van der Waals surface area contributed by atoms with Crippen LogP contribution in [0.4, 0.5) is 4.79 Å². The minimum atomic E-state index is 0.148. The molecule has 0 aromatic rings. The zero-order valence-corrected chi connectivity index (χ0v) is 14.1. The van der Waals surface area contributed by atoms with Crippen LogP contribution in [0.3, 0.4) is 0 Å². The number of hydrogen-bond acceptors (Lipinski definition) is 3. The third kappa shape index (κ3) is 3.74. The van der Waals surface area contributed by atoms with E-state index in [9.17, 15) is 4.79 Å². The molecule has 3 fully saturated rings. The van der Waals surface area contributed by atoms with Gasteiger partial charge in [-0.3, -0.25) is 0 Å². The highest BCUT2D eigenvalue weighted by atomic mass is 16.5. The molecule has 5 heteroatoms. The van der Waals surface area contributed by atoms with E-state index in [2.05, 4.69) is 24.3 Å². The van der Waals surface area contributed by atoms with E-state index in [-0.39, 0.29) is 6.03 Å². The largest absolute Gasteiger partial charge is 0.378 e. The molecule has 3 rings (SSSR count). The fourth-order valence-electron chi connectivity index (χ4n) is 4.27. The Balaban J connectivity index is 1.40. The van der Waals surface area contributed by atoms with Crippen molar-refractivity contribution < 1.29 is 9.53 Å². The molecule has 3 aliphatic rings. The van der Waals surface area contributed by atoms with Gasteiger partial charge < -0.3 is 19.9 Å². The number of carbonyl (C=O) groups is 1. The maximum atomic E-state index is 12.4. The van der Waals surface area contributed by atoms with E-state index < -0.39 is 0 Å². The predicted molar refractivity (Wildman–Crippen MR) is 86.9 cm³/mol. The second-order valence-corrected chi connectivity index (χ2v) is 7.45. The Morgan fingerprint density at radius 3 is 2.50 bits per heavy atom. The second kappa shape index (κ2) is 7.18. The Labute approximate surface area is 134 Å². The Morgan fingerprint density at radius 1 is 1.14 bits per heavy atom. The molecule has 2 saturated heterocycles. The summed E-state index contributed by atoms with van der Waals surface area (Å²) in [5.74, 6) is 0.663. The van der Waals surface area contributed by atoms with Crippen molar-refractivity contribution in [3.05, 3.63) is 0 Å². The van der Waals surface area contributed by atoms with Gasteiger partial charge >= 0.3 is 6.03 Å².